The molecule has 0 spiro atoms. The van der Waals surface area contributed by atoms with E-state index in [0.29, 0.717) is 22.7 Å². The van der Waals surface area contributed by atoms with E-state index < -0.39 is 12.0 Å². The Morgan fingerprint density at radius 1 is 0.679 bits per heavy atom. The second-order valence-corrected chi connectivity index (χ2v) is 5.81. The zero-order valence-electron chi connectivity index (χ0n) is 15.6. The average molecular weight is 384 g/mol. The van der Waals surface area contributed by atoms with Crippen molar-refractivity contribution >= 4 is 46.6 Å². The first-order valence-electron chi connectivity index (χ1n) is 8.23. The predicted molar refractivity (Wildman–Crippen MR) is 105 cm³/mol. The molecule has 28 heavy (non-hydrogen) atoms. The maximum atomic E-state index is 12.6. The van der Waals surface area contributed by atoms with Crippen LogP contribution in [-0.2, 0) is 14.3 Å². The third-order valence-electron chi connectivity index (χ3n) is 3.41. The summed E-state index contributed by atoms with van der Waals surface area (Å²) < 4.78 is 4.50. The van der Waals surface area contributed by atoms with Crippen LogP contribution in [0, 0.1) is 0 Å². The van der Waals surface area contributed by atoms with Gasteiger partial charge in [0.15, 0.2) is 0 Å². The molecule has 0 saturated carbocycles. The Labute approximate surface area is 161 Å². The van der Waals surface area contributed by atoms with Crippen LogP contribution in [0.15, 0.2) is 42.5 Å². The van der Waals surface area contributed by atoms with Gasteiger partial charge in [0.1, 0.15) is 0 Å². The fourth-order valence-electron chi connectivity index (χ4n) is 2.32. The van der Waals surface area contributed by atoms with Crippen LogP contribution in [-0.4, -0.2) is 30.9 Å². The van der Waals surface area contributed by atoms with Crippen molar-refractivity contribution in [1.82, 2.24) is 0 Å². The molecule has 4 amide bonds. The quantitative estimate of drug-likeness (QED) is 0.630. The van der Waals surface area contributed by atoms with Crippen LogP contribution in [0.25, 0.3) is 0 Å². The van der Waals surface area contributed by atoms with Gasteiger partial charge in [0.05, 0.1) is 7.11 Å². The molecule has 2 rings (SSSR count). The first-order chi connectivity index (χ1) is 13.3. The highest BCUT2D eigenvalue weighted by atomic mass is 16.5. The van der Waals surface area contributed by atoms with Crippen LogP contribution in [0.2, 0.25) is 0 Å². The fourth-order valence-corrected chi connectivity index (χ4v) is 2.32. The predicted octanol–water partition coefficient (Wildman–Crippen LogP) is 3.03. The number of ether oxygens (including phenoxy) is 1. The molecule has 0 aliphatic heterocycles. The lowest BCUT2D eigenvalue weighted by molar-refractivity contribution is -0.115. The minimum atomic E-state index is -0.600. The van der Waals surface area contributed by atoms with Gasteiger partial charge in [0.25, 0.3) is 5.91 Å². The Balaban J connectivity index is 2.19. The second-order valence-electron chi connectivity index (χ2n) is 5.81. The largest absolute Gasteiger partial charge is 0.453 e. The number of methoxy groups -OCH3 is 1. The van der Waals surface area contributed by atoms with Crippen LogP contribution in [0.1, 0.15) is 24.2 Å². The van der Waals surface area contributed by atoms with Crippen LogP contribution in [0.5, 0.6) is 0 Å². The molecule has 2 aromatic carbocycles. The minimum Gasteiger partial charge on any atom is -0.453 e. The molecule has 0 unspecified atom stereocenters. The van der Waals surface area contributed by atoms with Gasteiger partial charge in [0.2, 0.25) is 11.8 Å². The standard InChI is InChI=1S/C19H20N4O5/c1-11(24)20-16-8-13(9-17(10-16)21-12(2)25)18(26)22-14-4-6-15(7-5-14)23-19(27)28-3/h4-10H,1-3H3,(H,20,24)(H,21,25)(H,22,26)(H,23,27). The highest BCUT2D eigenvalue weighted by Crippen LogP contribution is 2.21. The number of hydrogen-bond acceptors (Lipinski definition) is 5. The van der Waals surface area contributed by atoms with Crippen molar-refractivity contribution in [3.63, 3.8) is 0 Å². The highest BCUT2D eigenvalue weighted by molar-refractivity contribution is 6.06. The van der Waals surface area contributed by atoms with Crippen molar-refractivity contribution < 1.29 is 23.9 Å². The van der Waals surface area contributed by atoms with E-state index in [1.54, 1.807) is 30.3 Å². The topological polar surface area (TPSA) is 126 Å². The summed E-state index contributed by atoms with van der Waals surface area (Å²) in [5, 5.41) is 10.4. The summed E-state index contributed by atoms with van der Waals surface area (Å²) in [5.41, 5.74) is 1.99. The third kappa shape index (κ3) is 6.13. The van der Waals surface area contributed by atoms with E-state index in [-0.39, 0.29) is 17.4 Å². The highest BCUT2D eigenvalue weighted by Gasteiger charge is 2.11. The smallest absolute Gasteiger partial charge is 0.411 e. The summed E-state index contributed by atoms with van der Waals surface area (Å²) in [4.78, 5) is 46.4. The van der Waals surface area contributed by atoms with E-state index in [1.165, 1.54) is 33.1 Å². The molecule has 0 bridgehead atoms. The molecule has 9 heteroatoms. The molecule has 0 heterocycles. The molecule has 0 atom stereocenters. The van der Waals surface area contributed by atoms with Gasteiger partial charge >= 0.3 is 6.09 Å². The number of anilines is 4. The summed E-state index contributed by atoms with van der Waals surface area (Å²) in [7, 11) is 1.26. The second kappa shape index (κ2) is 9.17. The van der Waals surface area contributed by atoms with Crippen molar-refractivity contribution in [2.24, 2.45) is 0 Å². The van der Waals surface area contributed by atoms with E-state index in [1.807, 2.05) is 0 Å². The summed E-state index contributed by atoms with van der Waals surface area (Å²) in [6.45, 7) is 2.68. The summed E-state index contributed by atoms with van der Waals surface area (Å²) >= 11 is 0. The van der Waals surface area contributed by atoms with Crippen molar-refractivity contribution in [1.29, 1.82) is 0 Å². The van der Waals surface area contributed by atoms with E-state index in [0.717, 1.165) is 0 Å². The number of carbonyl (C=O) groups excluding carboxylic acids is 4. The first kappa shape index (κ1) is 20.4. The molecule has 2 aromatic rings. The molecule has 0 aromatic heterocycles. The number of nitrogens with one attached hydrogen (secondary N) is 4. The van der Waals surface area contributed by atoms with Gasteiger partial charge in [-0.3, -0.25) is 19.7 Å². The third-order valence-corrected chi connectivity index (χ3v) is 3.41. The summed E-state index contributed by atoms with van der Waals surface area (Å²) in [6, 6.07) is 11.0. The number of rotatable bonds is 5. The molecular formula is C19H20N4O5. The lowest BCUT2D eigenvalue weighted by Crippen LogP contribution is -2.15. The molecule has 0 aliphatic carbocycles. The van der Waals surface area contributed by atoms with E-state index in [4.69, 9.17) is 0 Å². The Hall–Kier alpha value is -3.88. The Morgan fingerprint density at radius 2 is 1.14 bits per heavy atom. The van der Waals surface area contributed by atoms with Gasteiger partial charge in [-0.2, -0.15) is 0 Å². The normalized spacial score (nSPS) is 9.82. The SMILES string of the molecule is COC(=O)Nc1ccc(NC(=O)c2cc(NC(C)=O)cc(NC(C)=O)c2)cc1. The molecule has 0 radical (unpaired) electrons. The first-order valence-corrected chi connectivity index (χ1v) is 8.23. The number of amides is 4. The van der Waals surface area contributed by atoms with Crippen LogP contribution >= 0.6 is 0 Å². The van der Waals surface area contributed by atoms with Crippen molar-refractivity contribution in [3.05, 3.63) is 48.0 Å². The molecular weight excluding hydrogens is 364 g/mol. The number of carbonyl (C=O) groups is 4. The van der Waals surface area contributed by atoms with Gasteiger partial charge in [-0.1, -0.05) is 0 Å². The molecule has 0 saturated heterocycles. The van der Waals surface area contributed by atoms with Gasteiger partial charge in [-0.25, -0.2) is 4.79 Å². The van der Waals surface area contributed by atoms with Crippen molar-refractivity contribution in [2.75, 3.05) is 28.4 Å². The molecule has 0 aliphatic rings. The van der Waals surface area contributed by atoms with Crippen LogP contribution in [0.3, 0.4) is 0 Å². The molecule has 9 nitrogen and oxygen atoms in total. The minimum absolute atomic E-state index is 0.242. The fraction of sp³-hybridized carbons (Fsp3) is 0.158. The number of hydrogen-bond donors (Lipinski definition) is 4. The van der Waals surface area contributed by atoms with Gasteiger partial charge < -0.3 is 20.7 Å². The summed E-state index contributed by atoms with van der Waals surface area (Å²) in [6.07, 6.45) is -0.600. The van der Waals surface area contributed by atoms with E-state index in [2.05, 4.69) is 26.0 Å². The Bertz CT molecular complexity index is 875. The number of benzene rings is 2. The molecule has 4 N–H and O–H groups in total. The van der Waals surface area contributed by atoms with Crippen LogP contribution in [0.4, 0.5) is 27.5 Å². The Kier molecular flexibility index (Phi) is 6.69. The maximum Gasteiger partial charge on any atom is 0.411 e. The van der Waals surface area contributed by atoms with Crippen LogP contribution < -0.4 is 21.3 Å². The van der Waals surface area contributed by atoms with Crippen molar-refractivity contribution in [2.45, 2.75) is 13.8 Å². The van der Waals surface area contributed by atoms with Gasteiger partial charge in [0, 0.05) is 42.2 Å². The molecule has 146 valence electrons. The lowest BCUT2D eigenvalue weighted by atomic mass is 10.1. The molecule has 0 fully saturated rings. The maximum absolute atomic E-state index is 12.6. The van der Waals surface area contributed by atoms with Gasteiger partial charge in [-0.05, 0) is 42.5 Å². The zero-order valence-corrected chi connectivity index (χ0v) is 15.6. The van der Waals surface area contributed by atoms with E-state index >= 15 is 0 Å². The zero-order chi connectivity index (χ0) is 20.7. The van der Waals surface area contributed by atoms with E-state index in [9.17, 15) is 19.2 Å². The van der Waals surface area contributed by atoms with Gasteiger partial charge in [-0.15, -0.1) is 0 Å². The summed E-state index contributed by atoms with van der Waals surface area (Å²) in [5.74, 6) is -1.05. The van der Waals surface area contributed by atoms with Crippen molar-refractivity contribution in [3.8, 4) is 0 Å². The monoisotopic (exact) mass is 384 g/mol. The average Bonchev–Trinajstić information content (AvgIpc) is 2.61. The Morgan fingerprint density at radius 3 is 1.57 bits per heavy atom. The lowest BCUT2D eigenvalue weighted by Gasteiger charge is -2.11.